The number of rotatable bonds is 7. The van der Waals surface area contributed by atoms with E-state index in [2.05, 4.69) is 10.0 Å². The molecule has 0 fully saturated rings. The number of ether oxygens (including phenoxy) is 1. The van der Waals surface area contributed by atoms with Crippen molar-refractivity contribution in [1.82, 2.24) is 0 Å². The van der Waals surface area contributed by atoms with Crippen LogP contribution in [0.4, 0.5) is 11.4 Å². The lowest BCUT2D eigenvalue weighted by molar-refractivity contribution is 0.0525. The third-order valence-corrected chi connectivity index (χ3v) is 6.31. The van der Waals surface area contributed by atoms with Gasteiger partial charge in [-0.05, 0) is 61.9 Å². The predicted octanol–water partition coefficient (Wildman–Crippen LogP) is 4.88. The van der Waals surface area contributed by atoms with Crippen molar-refractivity contribution >= 4 is 44.9 Å². The first kappa shape index (κ1) is 23.3. The second-order valence-corrected chi connectivity index (χ2v) is 8.86. The Kier molecular flexibility index (Phi) is 7.17. The van der Waals surface area contributed by atoms with E-state index >= 15 is 0 Å². The second-order valence-electron chi connectivity index (χ2n) is 6.77. The summed E-state index contributed by atoms with van der Waals surface area (Å²) in [5.41, 5.74) is 1.71. The zero-order chi connectivity index (χ0) is 23.3. The fourth-order valence-electron chi connectivity index (χ4n) is 2.97. The second kappa shape index (κ2) is 9.84. The van der Waals surface area contributed by atoms with Gasteiger partial charge in [0.1, 0.15) is 0 Å². The van der Waals surface area contributed by atoms with Crippen LogP contribution in [0.1, 0.15) is 33.2 Å². The van der Waals surface area contributed by atoms with E-state index < -0.39 is 21.9 Å². The topological polar surface area (TPSA) is 102 Å². The lowest BCUT2D eigenvalue weighted by Crippen LogP contribution is -2.16. The first-order valence-corrected chi connectivity index (χ1v) is 11.5. The van der Waals surface area contributed by atoms with Gasteiger partial charge in [0.25, 0.3) is 15.9 Å². The molecule has 2 N–H and O–H groups in total. The molecule has 166 valence electrons. The Morgan fingerprint density at radius 1 is 0.969 bits per heavy atom. The number of anilines is 2. The Bertz CT molecular complexity index is 1260. The molecule has 0 atom stereocenters. The van der Waals surface area contributed by atoms with Crippen LogP contribution in [-0.2, 0) is 14.8 Å². The summed E-state index contributed by atoms with van der Waals surface area (Å²) in [7, 11) is -3.79. The molecular weight excluding hydrogens is 452 g/mol. The largest absolute Gasteiger partial charge is 0.462 e. The molecule has 3 aromatic rings. The lowest BCUT2D eigenvalue weighted by atomic mass is 10.1. The number of carbonyl (C=O) groups excluding carboxylic acids is 2. The smallest absolute Gasteiger partial charge is 0.338 e. The van der Waals surface area contributed by atoms with E-state index in [0.717, 1.165) is 0 Å². The molecule has 7 nitrogen and oxygen atoms in total. The average Bonchev–Trinajstić information content (AvgIpc) is 2.75. The number of amides is 1. The van der Waals surface area contributed by atoms with Crippen molar-refractivity contribution in [1.29, 1.82) is 0 Å². The standard InChI is InChI=1S/C23H21ClN2O5S/c1-3-31-23(28)18-10-7-11-21(15(18)2)25-22(27)19-13-12-16(14-20(19)24)26-32(29,30)17-8-5-4-6-9-17/h4-14,26H,3H2,1-2H3,(H,25,27). The summed E-state index contributed by atoms with van der Waals surface area (Å²) in [6.45, 7) is 3.65. The molecule has 0 saturated heterocycles. The van der Waals surface area contributed by atoms with Crippen molar-refractivity contribution in [2.24, 2.45) is 0 Å². The van der Waals surface area contributed by atoms with Gasteiger partial charge in [0.2, 0.25) is 0 Å². The van der Waals surface area contributed by atoms with Gasteiger partial charge in [-0.1, -0.05) is 35.9 Å². The summed E-state index contributed by atoms with van der Waals surface area (Å²) in [6, 6.07) is 17.0. The van der Waals surface area contributed by atoms with Crippen LogP contribution in [0.25, 0.3) is 0 Å². The van der Waals surface area contributed by atoms with E-state index in [1.807, 2.05) is 0 Å². The summed E-state index contributed by atoms with van der Waals surface area (Å²) in [4.78, 5) is 24.9. The van der Waals surface area contributed by atoms with Crippen LogP contribution in [0.2, 0.25) is 5.02 Å². The fraction of sp³-hybridized carbons (Fsp3) is 0.130. The molecule has 3 rings (SSSR count). The van der Waals surface area contributed by atoms with Gasteiger partial charge in [0, 0.05) is 5.69 Å². The van der Waals surface area contributed by atoms with E-state index in [9.17, 15) is 18.0 Å². The molecule has 0 spiro atoms. The van der Waals surface area contributed by atoms with Gasteiger partial charge in [-0.25, -0.2) is 13.2 Å². The molecule has 1 amide bonds. The van der Waals surface area contributed by atoms with Gasteiger partial charge in [0.15, 0.2) is 0 Å². The summed E-state index contributed by atoms with van der Waals surface area (Å²) < 4.78 is 32.4. The van der Waals surface area contributed by atoms with Crippen LogP contribution >= 0.6 is 11.6 Å². The van der Waals surface area contributed by atoms with E-state index in [4.69, 9.17) is 16.3 Å². The normalized spacial score (nSPS) is 11.0. The highest BCUT2D eigenvalue weighted by atomic mass is 35.5. The van der Waals surface area contributed by atoms with E-state index in [-0.39, 0.29) is 27.8 Å². The average molecular weight is 473 g/mol. The Hall–Kier alpha value is -3.36. The number of benzene rings is 3. The molecule has 9 heteroatoms. The van der Waals surface area contributed by atoms with Crippen molar-refractivity contribution in [2.45, 2.75) is 18.7 Å². The van der Waals surface area contributed by atoms with E-state index in [0.29, 0.717) is 16.8 Å². The number of nitrogens with one attached hydrogen (secondary N) is 2. The highest BCUT2D eigenvalue weighted by molar-refractivity contribution is 7.92. The van der Waals surface area contributed by atoms with Gasteiger partial charge in [-0.2, -0.15) is 0 Å². The maximum atomic E-state index is 12.8. The minimum Gasteiger partial charge on any atom is -0.462 e. The number of hydrogen-bond donors (Lipinski definition) is 2. The Morgan fingerprint density at radius 3 is 2.34 bits per heavy atom. The van der Waals surface area contributed by atoms with Crippen molar-refractivity contribution in [3.63, 3.8) is 0 Å². The number of hydrogen-bond acceptors (Lipinski definition) is 5. The number of carbonyl (C=O) groups is 2. The first-order valence-electron chi connectivity index (χ1n) is 9.68. The molecule has 0 aromatic heterocycles. The van der Waals surface area contributed by atoms with Gasteiger partial charge in [-0.15, -0.1) is 0 Å². The molecule has 0 aliphatic heterocycles. The summed E-state index contributed by atoms with van der Waals surface area (Å²) >= 11 is 6.26. The van der Waals surface area contributed by atoms with Crippen LogP contribution in [0.3, 0.4) is 0 Å². The third-order valence-electron chi connectivity index (χ3n) is 4.60. The Balaban J connectivity index is 1.79. The molecule has 0 unspecified atom stereocenters. The van der Waals surface area contributed by atoms with Crippen LogP contribution in [0.5, 0.6) is 0 Å². The van der Waals surface area contributed by atoms with E-state index in [1.54, 1.807) is 50.2 Å². The molecule has 32 heavy (non-hydrogen) atoms. The van der Waals surface area contributed by atoms with Crippen molar-refractivity contribution in [2.75, 3.05) is 16.6 Å². The first-order chi connectivity index (χ1) is 15.2. The molecule has 0 bridgehead atoms. The molecule has 0 radical (unpaired) electrons. The minimum absolute atomic E-state index is 0.0648. The number of esters is 1. The summed E-state index contributed by atoms with van der Waals surface area (Å²) in [5.74, 6) is -0.981. The van der Waals surface area contributed by atoms with Crippen LogP contribution in [0, 0.1) is 6.92 Å². The quantitative estimate of drug-likeness (QED) is 0.477. The zero-order valence-corrected chi connectivity index (χ0v) is 19.0. The summed E-state index contributed by atoms with van der Waals surface area (Å²) in [6.07, 6.45) is 0. The lowest BCUT2D eigenvalue weighted by Gasteiger charge is -2.13. The molecule has 3 aromatic carbocycles. The van der Waals surface area contributed by atoms with Crippen LogP contribution in [0.15, 0.2) is 71.6 Å². The van der Waals surface area contributed by atoms with Crippen molar-refractivity contribution < 1.29 is 22.7 Å². The van der Waals surface area contributed by atoms with E-state index in [1.165, 1.54) is 30.3 Å². The molecule has 0 aliphatic carbocycles. The minimum atomic E-state index is -3.79. The highest BCUT2D eigenvalue weighted by Crippen LogP contribution is 2.26. The number of halogens is 1. The number of sulfonamides is 1. The van der Waals surface area contributed by atoms with Crippen molar-refractivity contribution in [3.8, 4) is 0 Å². The summed E-state index contributed by atoms with van der Waals surface area (Å²) in [5, 5.41) is 2.79. The zero-order valence-electron chi connectivity index (χ0n) is 17.4. The van der Waals surface area contributed by atoms with Gasteiger partial charge in [-0.3, -0.25) is 9.52 Å². The van der Waals surface area contributed by atoms with Crippen LogP contribution in [-0.4, -0.2) is 26.9 Å². The fourth-order valence-corrected chi connectivity index (χ4v) is 4.30. The maximum absolute atomic E-state index is 12.8. The van der Waals surface area contributed by atoms with Crippen LogP contribution < -0.4 is 10.0 Å². The molecular formula is C23H21ClN2O5S. The Labute approximate surface area is 191 Å². The molecule has 0 aliphatic rings. The SMILES string of the molecule is CCOC(=O)c1cccc(NC(=O)c2ccc(NS(=O)(=O)c3ccccc3)cc2Cl)c1C. The van der Waals surface area contributed by atoms with Crippen molar-refractivity contribution in [3.05, 3.63) is 88.4 Å². The maximum Gasteiger partial charge on any atom is 0.338 e. The van der Waals surface area contributed by atoms with Gasteiger partial charge < -0.3 is 10.1 Å². The Morgan fingerprint density at radius 2 is 1.69 bits per heavy atom. The van der Waals surface area contributed by atoms with Gasteiger partial charge >= 0.3 is 5.97 Å². The highest BCUT2D eigenvalue weighted by Gasteiger charge is 2.18. The third kappa shape index (κ3) is 5.27. The van der Waals surface area contributed by atoms with Gasteiger partial charge in [0.05, 0.1) is 33.3 Å². The predicted molar refractivity (Wildman–Crippen MR) is 124 cm³/mol. The monoisotopic (exact) mass is 472 g/mol. The molecule has 0 saturated carbocycles. The molecule has 0 heterocycles.